The predicted molar refractivity (Wildman–Crippen MR) is 123 cm³/mol. The molecule has 0 saturated carbocycles. The Kier molecular flexibility index (Phi) is 7.34. The van der Waals surface area contributed by atoms with Crippen LogP contribution in [0.1, 0.15) is 76.2 Å². The molecule has 0 aliphatic carbocycles. The Bertz CT molecular complexity index is 841. The lowest BCUT2D eigenvalue weighted by atomic mass is 9.77. The van der Waals surface area contributed by atoms with Crippen LogP contribution in [-0.2, 0) is 9.59 Å². The fraction of sp³-hybridized carbons (Fsp3) is 0.792. The van der Waals surface area contributed by atoms with Crippen molar-refractivity contribution in [3.63, 3.8) is 0 Å². The topological polar surface area (TPSA) is 111 Å². The molecule has 3 saturated heterocycles. The number of fused-ring (bicyclic) bond motifs is 4. The molecule has 3 aliphatic heterocycles. The number of likely N-dealkylation sites (tertiary alicyclic amines) is 1. The smallest absolute Gasteiger partial charge is 0.276 e. The van der Waals surface area contributed by atoms with Crippen molar-refractivity contribution in [3.8, 4) is 0 Å². The summed E-state index contributed by atoms with van der Waals surface area (Å²) < 4.78 is 0. The Labute approximate surface area is 196 Å². The maximum atomic E-state index is 13.4. The number of amides is 3. The third-order valence-corrected chi connectivity index (χ3v) is 7.76. The van der Waals surface area contributed by atoms with Crippen molar-refractivity contribution >= 4 is 17.7 Å². The van der Waals surface area contributed by atoms with Crippen LogP contribution in [0.15, 0.2) is 6.20 Å². The summed E-state index contributed by atoms with van der Waals surface area (Å²) in [5, 5.41) is 13.5. The zero-order valence-electron chi connectivity index (χ0n) is 20.1. The molecule has 9 nitrogen and oxygen atoms in total. The van der Waals surface area contributed by atoms with Gasteiger partial charge in [-0.25, -0.2) is 0 Å². The highest BCUT2D eigenvalue weighted by Gasteiger charge is 2.44. The number of rotatable bonds is 2. The van der Waals surface area contributed by atoms with Crippen molar-refractivity contribution in [2.45, 2.75) is 77.8 Å². The fourth-order valence-corrected chi connectivity index (χ4v) is 5.94. The number of nitrogens with one attached hydrogen (secondary N) is 2. The van der Waals surface area contributed by atoms with Gasteiger partial charge in [-0.2, -0.15) is 15.4 Å². The van der Waals surface area contributed by atoms with Gasteiger partial charge in [0.25, 0.3) is 5.91 Å². The van der Waals surface area contributed by atoms with Crippen LogP contribution in [0.3, 0.4) is 0 Å². The van der Waals surface area contributed by atoms with Crippen LogP contribution >= 0.6 is 0 Å². The van der Waals surface area contributed by atoms with E-state index in [0.717, 1.165) is 32.1 Å². The molecule has 4 heterocycles. The highest BCUT2D eigenvalue weighted by molar-refractivity contribution is 5.92. The van der Waals surface area contributed by atoms with Gasteiger partial charge in [0.2, 0.25) is 11.8 Å². The number of carbonyl (C=O) groups is 3. The van der Waals surface area contributed by atoms with E-state index in [4.69, 9.17) is 0 Å². The number of nitrogens with zero attached hydrogens (tertiary/aromatic N) is 4. The molecule has 3 aliphatic rings. The Hall–Kier alpha value is -2.45. The second-order valence-electron chi connectivity index (χ2n) is 10.7. The van der Waals surface area contributed by atoms with E-state index in [2.05, 4.69) is 46.4 Å². The number of carbonyl (C=O) groups excluding carboxylic acids is 3. The lowest BCUT2D eigenvalue weighted by molar-refractivity contribution is -0.141. The molecule has 3 fully saturated rings. The van der Waals surface area contributed by atoms with Gasteiger partial charge in [-0.15, -0.1) is 0 Å². The summed E-state index contributed by atoms with van der Waals surface area (Å²) in [7, 11) is 0. The van der Waals surface area contributed by atoms with E-state index in [1.54, 1.807) is 0 Å². The van der Waals surface area contributed by atoms with Gasteiger partial charge >= 0.3 is 0 Å². The van der Waals surface area contributed by atoms with E-state index >= 15 is 0 Å². The lowest BCUT2D eigenvalue weighted by Crippen LogP contribution is -2.60. The van der Waals surface area contributed by atoms with E-state index in [9.17, 15) is 14.4 Å². The third-order valence-electron chi connectivity index (χ3n) is 7.76. The van der Waals surface area contributed by atoms with Crippen molar-refractivity contribution in [1.29, 1.82) is 0 Å². The predicted octanol–water partition coefficient (Wildman–Crippen LogP) is 2.22. The van der Waals surface area contributed by atoms with Gasteiger partial charge in [0, 0.05) is 44.6 Å². The average molecular weight is 459 g/mol. The third kappa shape index (κ3) is 5.55. The van der Waals surface area contributed by atoms with E-state index < -0.39 is 0 Å². The van der Waals surface area contributed by atoms with Crippen LogP contribution < -0.4 is 5.32 Å². The van der Waals surface area contributed by atoms with Crippen LogP contribution in [0.5, 0.6) is 0 Å². The molecule has 0 aromatic carbocycles. The molecule has 1 aromatic heterocycles. The van der Waals surface area contributed by atoms with Gasteiger partial charge in [-0.05, 0) is 55.8 Å². The summed E-state index contributed by atoms with van der Waals surface area (Å²) in [6, 6.07) is 0.233. The highest BCUT2D eigenvalue weighted by atomic mass is 16.2. The zero-order chi connectivity index (χ0) is 23.5. The number of hydrogen-bond donors (Lipinski definition) is 2. The van der Waals surface area contributed by atoms with Gasteiger partial charge < -0.3 is 15.1 Å². The Balaban J connectivity index is 1.50. The van der Waals surface area contributed by atoms with Crippen LogP contribution in [0, 0.1) is 23.7 Å². The van der Waals surface area contributed by atoms with Crippen molar-refractivity contribution in [1.82, 2.24) is 30.5 Å². The first-order chi connectivity index (χ1) is 15.8. The monoisotopic (exact) mass is 458 g/mol. The van der Waals surface area contributed by atoms with E-state index in [0.29, 0.717) is 44.1 Å². The molecule has 3 amide bonds. The number of piperidine rings is 2. The first-order valence-electron chi connectivity index (χ1n) is 12.6. The van der Waals surface area contributed by atoms with Gasteiger partial charge in [-0.1, -0.05) is 20.8 Å². The molecule has 0 radical (unpaired) electrons. The quantitative estimate of drug-likeness (QED) is 0.706. The summed E-state index contributed by atoms with van der Waals surface area (Å²) >= 11 is 0. The van der Waals surface area contributed by atoms with Gasteiger partial charge in [0.1, 0.15) is 0 Å². The highest BCUT2D eigenvalue weighted by Crippen LogP contribution is 2.37. The van der Waals surface area contributed by atoms with Crippen molar-refractivity contribution in [3.05, 3.63) is 11.9 Å². The van der Waals surface area contributed by atoms with Gasteiger partial charge in [0.05, 0.1) is 6.20 Å². The second-order valence-corrected chi connectivity index (χ2v) is 10.7. The van der Waals surface area contributed by atoms with Crippen LogP contribution in [-0.4, -0.2) is 74.7 Å². The van der Waals surface area contributed by atoms with Crippen LogP contribution in [0.2, 0.25) is 0 Å². The number of hydrogen-bond acceptors (Lipinski definition) is 5. The standard InChI is InChI=1S/C24H38N6O3/c1-15(2)19-8-7-16(3)9-23(32)30-13-17-10-18(21(30)5-4-6-22(31)26-19)14-29(12-17)24(33)20-11-25-28-27-20/h11,15-19,21H,4-10,12-14H2,1-3H3,(H,26,31)(H,25,27,28)/t16-,17+,18+,19+,21+/m1/s1. The SMILES string of the molecule is CC(C)[C@@H]1CC[C@@H](C)CC(=O)N2C[C@H]3C[C@@H](CN(C(=O)c4cn[nH]n4)C3)[C@@H]2CCCC(=O)N1. The summed E-state index contributed by atoms with van der Waals surface area (Å²) in [4.78, 5) is 42.9. The van der Waals surface area contributed by atoms with Crippen molar-refractivity contribution in [2.75, 3.05) is 19.6 Å². The maximum absolute atomic E-state index is 13.4. The normalized spacial score (nSPS) is 31.8. The second kappa shape index (κ2) is 10.2. The van der Waals surface area contributed by atoms with Crippen LogP contribution in [0.4, 0.5) is 0 Å². The first-order valence-corrected chi connectivity index (χ1v) is 12.6. The molecule has 33 heavy (non-hydrogen) atoms. The summed E-state index contributed by atoms with van der Waals surface area (Å²) in [6.07, 6.45) is 6.90. The Morgan fingerprint density at radius 2 is 1.97 bits per heavy atom. The van der Waals surface area contributed by atoms with Crippen molar-refractivity contribution < 1.29 is 14.4 Å². The summed E-state index contributed by atoms with van der Waals surface area (Å²) in [5.74, 6) is 1.40. The number of aromatic nitrogens is 3. The molecule has 0 spiro atoms. The minimum atomic E-state index is -0.101. The molecule has 2 bridgehead atoms. The van der Waals surface area contributed by atoms with E-state index in [-0.39, 0.29) is 47.6 Å². The van der Waals surface area contributed by atoms with Crippen molar-refractivity contribution in [2.24, 2.45) is 23.7 Å². The molecule has 4 rings (SSSR count). The maximum Gasteiger partial charge on any atom is 0.276 e. The van der Waals surface area contributed by atoms with E-state index in [1.165, 1.54) is 6.20 Å². The zero-order valence-corrected chi connectivity index (χ0v) is 20.1. The Morgan fingerprint density at radius 3 is 2.70 bits per heavy atom. The molecule has 9 heteroatoms. The molecule has 2 N–H and O–H groups in total. The molecule has 182 valence electrons. The molecular formula is C24H38N6O3. The largest absolute Gasteiger partial charge is 0.353 e. The molecule has 5 atom stereocenters. The molecular weight excluding hydrogens is 420 g/mol. The molecule has 0 unspecified atom stereocenters. The van der Waals surface area contributed by atoms with Crippen LogP contribution in [0.25, 0.3) is 0 Å². The molecule has 1 aromatic rings. The fourth-order valence-electron chi connectivity index (χ4n) is 5.94. The van der Waals surface area contributed by atoms with E-state index in [1.807, 2.05) is 4.90 Å². The minimum absolute atomic E-state index is 0.0725. The number of aromatic amines is 1. The number of H-pyrrole nitrogens is 1. The average Bonchev–Trinajstić information content (AvgIpc) is 3.31. The van der Waals surface area contributed by atoms with Gasteiger partial charge in [-0.3, -0.25) is 14.4 Å². The lowest BCUT2D eigenvalue weighted by Gasteiger charge is -2.51. The minimum Gasteiger partial charge on any atom is -0.353 e. The summed E-state index contributed by atoms with van der Waals surface area (Å²) in [6.45, 7) is 8.39. The first kappa shape index (κ1) is 23.7. The Morgan fingerprint density at radius 1 is 1.15 bits per heavy atom. The van der Waals surface area contributed by atoms with Gasteiger partial charge in [0.15, 0.2) is 5.69 Å². The summed E-state index contributed by atoms with van der Waals surface area (Å²) in [5.41, 5.74) is 0.336.